The third-order valence-corrected chi connectivity index (χ3v) is 1.10. The summed E-state index contributed by atoms with van der Waals surface area (Å²) in [6.45, 7) is 0. The molecule has 0 unspecified atom stereocenters. The van der Waals surface area contributed by atoms with Gasteiger partial charge in [0.2, 0.25) is 5.76 Å². The highest BCUT2D eigenvalue weighted by Gasteiger charge is 2.04. The average Bonchev–Trinajstić information content (AvgIpc) is 2.34. The molecule has 0 amide bonds. The predicted molar refractivity (Wildman–Crippen MR) is 34.8 cm³/mol. The fourth-order valence-corrected chi connectivity index (χ4v) is 0.682. The molecule has 0 fully saturated rings. The van der Waals surface area contributed by atoms with Gasteiger partial charge in [-0.2, -0.15) is 5.26 Å². The summed E-state index contributed by atoms with van der Waals surface area (Å²) < 4.78 is 4.80. The van der Waals surface area contributed by atoms with Gasteiger partial charge in [-0.1, -0.05) is 0 Å². The predicted octanol–water partition coefficient (Wildman–Crippen LogP) is 0.778. The number of carboxylic acids is 1. The lowest BCUT2D eigenvalue weighted by atomic mass is 10.3. The molecule has 0 aliphatic carbocycles. The number of rotatable bonds is 2. The minimum atomic E-state index is -0.969. The number of aliphatic carboxylic acids is 1. The Morgan fingerprint density at radius 1 is 1.73 bits per heavy atom. The summed E-state index contributed by atoms with van der Waals surface area (Å²) in [5.41, 5.74) is 0. The fraction of sp³-hybridized carbons (Fsp3) is 0.143. The van der Waals surface area contributed by atoms with Crippen LogP contribution in [0.2, 0.25) is 0 Å². The minimum absolute atomic E-state index is 0.140. The first-order valence-electron chi connectivity index (χ1n) is 2.93. The van der Waals surface area contributed by atoms with E-state index in [9.17, 15) is 4.79 Å². The molecule has 4 nitrogen and oxygen atoms in total. The molecule has 1 aromatic rings. The molecule has 0 saturated carbocycles. The molecule has 0 aliphatic rings. The maximum atomic E-state index is 10.1. The first-order chi connectivity index (χ1) is 5.22. The summed E-state index contributed by atoms with van der Waals surface area (Å²) in [4.78, 5) is 10.1. The van der Waals surface area contributed by atoms with Gasteiger partial charge in [0.25, 0.3) is 0 Å². The van der Waals surface area contributed by atoms with E-state index in [1.54, 1.807) is 6.07 Å². The Hall–Kier alpha value is -1.76. The Morgan fingerprint density at radius 3 is 2.91 bits per heavy atom. The Balaban J connectivity index is 2.75. The van der Waals surface area contributed by atoms with E-state index in [4.69, 9.17) is 14.8 Å². The van der Waals surface area contributed by atoms with Gasteiger partial charge >= 0.3 is 5.97 Å². The van der Waals surface area contributed by atoms with Crippen molar-refractivity contribution in [2.24, 2.45) is 0 Å². The Morgan fingerprint density at radius 2 is 2.45 bits per heavy atom. The second-order valence-electron chi connectivity index (χ2n) is 1.95. The van der Waals surface area contributed by atoms with Crippen LogP contribution in [0.15, 0.2) is 16.5 Å². The average molecular weight is 151 g/mol. The molecule has 1 aromatic heterocycles. The van der Waals surface area contributed by atoms with Crippen molar-refractivity contribution in [1.82, 2.24) is 0 Å². The largest absolute Gasteiger partial charge is 0.481 e. The first kappa shape index (κ1) is 7.35. The topological polar surface area (TPSA) is 74.2 Å². The van der Waals surface area contributed by atoms with E-state index in [0.29, 0.717) is 5.76 Å². The van der Waals surface area contributed by atoms with Crippen LogP contribution in [0.4, 0.5) is 0 Å². The van der Waals surface area contributed by atoms with Gasteiger partial charge in [-0.25, -0.2) is 0 Å². The zero-order valence-corrected chi connectivity index (χ0v) is 5.57. The molecule has 0 aromatic carbocycles. The van der Waals surface area contributed by atoms with Gasteiger partial charge in [0.15, 0.2) is 0 Å². The number of carboxylic acid groups (broad SMARTS) is 1. The van der Waals surface area contributed by atoms with Crippen LogP contribution >= 0.6 is 0 Å². The normalized spacial score (nSPS) is 9.00. The van der Waals surface area contributed by atoms with Crippen LogP contribution in [-0.4, -0.2) is 11.1 Å². The molecule has 0 radical (unpaired) electrons. The van der Waals surface area contributed by atoms with Crippen LogP contribution in [0.1, 0.15) is 11.5 Å². The Kier molecular flexibility index (Phi) is 1.93. The summed E-state index contributed by atoms with van der Waals surface area (Å²) in [7, 11) is 0. The van der Waals surface area contributed by atoms with E-state index in [2.05, 4.69) is 0 Å². The van der Waals surface area contributed by atoms with Crippen molar-refractivity contribution in [2.75, 3.05) is 0 Å². The number of hydrogen-bond donors (Lipinski definition) is 1. The second kappa shape index (κ2) is 2.88. The van der Waals surface area contributed by atoms with Crippen molar-refractivity contribution in [1.29, 1.82) is 5.26 Å². The highest BCUT2D eigenvalue weighted by Crippen LogP contribution is 2.06. The lowest BCUT2D eigenvalue weighted by molar-refractivity contribution is -0.136. The molecule has 0 aliphatic heterocycles. The third-order valence-electron chi connectivity index (χ3n) is 1.10. The maximum absolute atomic E-state index is 10.1. The second-order valence-corrected chi connectivity index (χ2v) is 1.95. The summed E-state index contributed by atoms with van der Waals surface area (Å²) in [6.07, 6.45) is -0.179. The van der Waals surface area contributed by atoms with E-state index >= 15 is 0 Å². The smallest absolute Gasteiger partial charge is 0.311 e. The Bertz CT molecular complexity index is 308. The number of furan rings is 1. The van der Waals surface area contributed by atoms with Crippen molar-refractivity contribution in [3.05, 3.63) is 23.7 Å². The van der Waals surface area contributed by atoms with Gasteiger partial charge in [-0.3, -0.25) is 4.79 Å². The Labute approximate surface area is 62.7 Å². The highest BCUT2D eigenvalue weighted by atomic mass is 16.4. The number of nitriles is 1. The van der Waals surface area contributed by atoms with Crippen LogP contribution in [0.5, 0.6) is 0 Å². The number of hydrogen-bond acceptors (Lipinski definition) is 3. The van der Waals surface area contributed by atoms with Gasteiger partial charge in [-0.15, -0.1) is 0 Å². The van der Waals surface area contributed by atoms with Crippen LogP contribution < -0.4 is 0 Å². The summed E-state index contributed by atoms with van der Waals surface area (Å²) in [5.74, 6) is -0.529. The third kappa shape index (κ3) is 1.83. The van der Waals surface area contributed by atoms with E-state index in [0.717, 1.165) is 0 Å². The van der Waals surface area contributed by atoms with Crippen molar-refractivity contribution in [3.63, 3.8) is 0 Å². The molecular weight excluding hydrogens is 146 g/mol. The van der Waals surface area contributed by atoms with E-state index in [1.165, 1.54) is 12.1 Å². The number of nitrogens with zero attached hydrogens (tertiary/aromatic N) is 1. The van der Waals surface area contributed by atoms with Crippen molar-refractivity contribution < 1.29 is 14.3 Å². The van der Waals surface area contributed by atoms with Crippen LogP contribution in [0.3, 0.4) is 0 Å². The monoisotopic (exact) mass is 151 g/mol. The molecule has 1 rings (SSSR count). The molecule has 0 atom stereocenters. The fourth-order valence-electron chi connectivity index (χ4n) is 0.682. The molecule has 0 spiro atoms. The van der Waals surface area contributed by atoms with Crippen LogP contribution in [0.25, 0.3) is 0 Å². The zero-order chi connectivity index (χ0) is 8.27. The molecule has 56 valence electrons. The SMILES string of the molecule is N#Cc1ccc(CC(=O)O)o1. The van der Waals surface area contributed by atoms with Crippen LogP contribution in [0, 0.1) is 11.3 Å². The standard InChI is InChI=1S/C7H5NO3/c8-4-6-2-1-5(11-6)3-7(9)10/h1-2H,3H2,(H,9,10). The van der Waals surface area contributed by atoms with Gasteiger partial charge in [0.05, 0.1) is 0 Å². The van der Waals surface area contributed by atoms with Gasteiger partial charge in [0.1, 0.15) is 18.3 Å². The zero-order valence-electron chi connectivity index (χ0n) is 5.57. The molecule has 0 saturated heterocycles. The van der Waals surface area contributed by atoms with Crippen molar-refractivity contribution in [3.8, 4) is 6.07 Å². The summed E-state index contributed by atoms with van der Waals surface area (Å²) >= 11 is 0. The maximum Gasteiger partial charge on any atom is 0.311 e. The van der Waals surface area contributed by atoms with Gasteiger partial charge in [0, 0.05) is 0 Å². The van der Waals surface area contributed by atoms with E-state index in [1.807, 2.05) is 0 Å². The van der Waals surface area contributed by atoms with E-state index in [-0.39, 0.29) is 12.2 Å². The molecule has 1 heterocycles. The molecular formula is C7H5NO3. The van der Waals surface area contributed by atoms with Gasteiger partial charge in [-0.05, 0) is 12.1 Å². The van der Waals surface area contributed by atoms with Crippen LogP contribution in [-0.2, 0) is 11.2 Å². The van der Waals surface area contributed by atoms with Crippen molar-refractivity contribution in [2.45, 2.75) is 6.42 Å². The molecule has 0 bridgehead atoms. The first-order valence-corrected chi connectivity index (χ1v) is 2.93. The summed E-state index contributed by atoms with van der Waals surface area (Å²) in [5, 5.41) is 16.6. The van der Waals surface area contributed by atoms with Crippen molar-refractivity contribution >= 4 is 5.97 Å². The minimum Gasteiger partial charge on any atom is -0.481 e. The lowest BCUT2D eigenvalue weighted by Gasteiger charge is -1.86. The van der Waals surface area contributed by atoms with Gasteiger partial charge < -0.3 is 9.52 Å². The quantitative estimate of drug-likeness (QED) is 0.677. The molecule has 1 N–H and O–H groups in total. The lowest BCUT2D eigenvalue weighted by Crippen LogP contribution is -1.97. The van der Waals surface area contributed by atoms with E-state index < -0.39 is 5.97 Å². The summed E-state index contributed by atoms with van der Waals surface area (Å²) in [6, 6.07) is 4.68. The number of carbonyl (C=O) groups is 1. The molecule has 4 heteroatoms. The highest BCUT2D eigenvalue weighted by molar-refractivity contribution is 5.69. The molecule has 11 heavy (non-hydrogen) atoms.